The van der Waals surface area contributed by atoms with Gasteiger partial charge in [-0.3, -0.25) is 9.59 Å². The number of anilines is 1. The van der Waals surface area contributed by atoms with Crippen molar-refractivity contribution in [2.24, 2.45) is 0 Å². The van der Waals surface area contributed by atoms with E-state index >= 15 is 0 Å². The van der Waals surface area contributed by atoms with E-state index < -0.39 is 22.5 Å². The molecule has 0 fully saturated rings. The van der Waals surface area contributed by atoms with Gasteiger partial charge in [0.15, 0.2) is 5.78 Å². The quantitative estimate of drug-likeness (QED) is 0.768. The SMILES string of the molecule is CC(=O)c1cccc(NC(=O)CNS(=O)(=O)c2cccc(Cl)c2)c1. The molecule has 0 saturated carbocycles. The Kier molecular flexibility index (Phi) is 5.71. The molecule has 0 aromatic heterocycles. The lowest BCUT2D eigenvalue weighted by Crippen LogP contribution is -2.32. The Labute approximate surface area is 144 Å². The zero-order valence-corrected chi connectivity index (χ0v) is 14.3. The minimum atomic E-state index is -3.84. The lowest BCUT2D eigenvalue weighted by molar-refractivity contribution is -0.115. The fourth-order valence-corrected chi connectivity index (χ4v) is 3.18. The molecule has 0 aliphatic heterocycles. The van der Waals surface area contributed by atoms with Crippen molar-refractivity contribution >= 4 is 39.0 Å². The molecule has 6 nitrogen and oxygen atoms in total. The third-order valence-electron chi connectivity index (χ3n) is 3.08. The van der Waals surface area contributed by atoms with E-state index in [-0.39, 0.29) is 15.7 Å². The van der Waals surface area contributed by atoms with Crippen molar-refractivity contribution in [3.05, 3.63) is 59.1 Å². The Bertz CT molecular complexity index is 881. The molecular weight excluding hydrogens is 352 g/mol. The predicted molar refractivity (Wildman–Crippen MR) is 91.7 cm³/mol. The summed E-state index contributed by atoms with van der Waals surface area (Å²) in [5, 5.41) is 2.81. The zero-order valence-electron chi connectivity index (χ0n) is 12.7. The molecular formula is C16H15ClN2O4S. The van der Waals surface area contributed by atoms with E-state index in [1.807, 2.05) is 0 Å². The van der Waals surface area contributed by atoms with Gasteiger partial charge in [0.1, 0.15) is 0 Å². The molecule has 8 heteroatoms. The highest BCUT2D eigenvalue weighted by molar-refractivity contribution is 7.89. The van der Waals surface area contributed by atoms with Gasteiger partial charge in [0.25, 0.3) is 0 Å². The number of halogens is 1. The number of benzene rings is 2. The van der Waals surface area contributed by atoms with E-state index in [4.69, 9.17) is 11.6 Å². The van der Waals surface area contributed by atoms with Crippen molar-refractivity contribution in [3.8, 4) is 0 Å². The molecule has 2 aromatic carbocycles. The Balaban J connectivity index is 2.00. The summed E-state index contributed by atoms with van der Waals surface area (Å²) in [7, 11) is -3.84. The van der Waals surface area contributed by atoms with Crippen molar-refractivity contribution in [3.63, 3.8) is 0 Å². The summed E-state index contributed by atoms with van der Waals surface area (Å²) >= 11 is 5.76. The molecule has 2 rings (SSSR count). The second-order valence-electron chi connectivity index (χ2n) is 4.97. The number of ketones is 1. The number of sulfonamides is 1. The summed E-state index contributed by atoms with van der Waals surface area (Å²) in [5.74, 6) is -0.686. The second-order valence-corrected chi connectivity index (χ2v) is 7.17. The van der Waals surface area contributed by atoms with Crippen molar-refractivity contribution in [1.29, 1.82) is 0 Å². The van der Waals surface area contributed by atoms with Crippen LogP contribution < -0.4 is 10.0 Å². The maximum atomic E-state index is 12.1. The van der Waals surface area contributed by atoms with Gasteiger partial charge in [0, 0.05) is 16.3 Å². The van der Waals surface area contributed by atoms with Gasteiger partial charge in [-0.1, -0.05) is 29.8 Å². The fourth-order valence-electron chi connectivity index (χ4n) is 1.90. The zero-order chi connectivity index (χ0) is 17.7. The lowest BCUT2D eigenvalue weighted by atomic mass is 10.1. The van der Waals surface area contributed by atoms with E-state index in [1.165, 1.54) is 31.2 Å². The highest BCUT2D eigenvalue weighted by Crippen LogP contribution is 2.15. The van der Waals surface area contributed by atoms with Gasteiger partial charge in [-0.05, 0) is 37.3 Å². The second kappa shape index (κ2) is 7.57. The number of Topliss-reactive ketones (excluding diaryl/α,β-unsaturated/α-hetero) is 1. The van der Waals surface area contributed by atoms with E-state index in [0.717, 1.165) is 0 Å². The van der Waals surface area contributed by atoms with E-state index in [0.29, 0.717) is 11.3 Å². The summed E-state index contributed by atoms with van der Waals surface area (Å²) in [5.41, 5.74) is 0.863. The van der Waals surface area contributed by atoms with Gasteiger partial charge in [0.05, 0.1) is 11.4 Å². The summed E-state index contributed by atoms with van der Waals surface area (Å²) in [4.78, 5) is 23.2. The Morgan fingerprint density at radius 3 is 2.46 bits per heavy atom. The van der Waals surface area contributed by atoms with Gasteiger partial charge in [0.2, 0.25) is 15.9 Å². The summed E-state index contributed by atoms with van der Waals surface area (Å²) in [6.45, 7) is 0.971. The summed E-state index contributed by atoms with van der Waals surface area (Å²) in [6, 6.07) is 12.1. The molecule has 126 valence electrons. The third kappa shape index (κ3) is 4.89. The highest BCUT2D eigenvalue weighted by Gasteiger charge is 2.16. The van der Waals surface area contributed by atoms with Crippen LogP contribution in [-0.2, 0) is 14.8 Å². The first-order valence-electron chi connectivity index (χ1n) is 6.94. The molecule has 0 atom stereocenters. The van der Waals surface area contributed by atoms with Crippen molar-refractivity contribution < 1.29 is 18.0 Å². The van der Waals surface area contributed by atoms with Crippen LogP contribution in [0.1, 0.15) is 17.3 Å². The van der Waals surface area contributed by atoms with Gasteiger partial charge in [-0.25, -0.2) is 13.1 Å². The van der Waals surface area contributed by atoms with Crippen LogP contribution in [0.2, 0.25) is 5.02 Å². The number of carbonyl (C=O) groups is 2. The molecule has 0 spiro atoms. The molecule has 0 bridgehead atoms. The highest BCUT2D eigenvalue weighted by atomic mass is 35.5. The van der Waals surface area contributed by atoms with Crippen LogP contribution >= 0.6 is 11.6 Å². The molecule has 2 N–H and O–H groups in total. The van der Waals surface area contributed by atoms with Gasteiger partial charge < -0.3 is 5.32 Å². The van der Waals surface area contributed by atoms with E-state index in [9.17, 15) is 18.0 Å². The lowest BCUT2D eigenvalue weighted by Gasteiger charge is -2.09. The number of nitrogens with one attached hydrogen (secondary N) is 2. The molecule has 1 amide bonds. The van der Waals surface area contributed by atoms with Gasteiger partial charge >= 0.3 is 0 Å². The normalized spacial score (nSPS) is 11.1. The first kappa shape index (κ1) is 18.1. The van der Waals surface area contributed by atoms with Gasteiger partial charge in [-0.2, -0.15) is 0 Å². The van der Waals surface area contributed by atoms with Crippen LogP contribution in [0.25, 0.3) is 0 Å². The van der Waals surface area contributed by atoms with Crippen LogP contribution in [0.5, 0.6) is 0 Å². The first-order valence-corrected chi connectivity index (χ1v) is 8.80. The van der Waals surface area contributed by atoms with E-state index in [2.05, 4.69) is 10.0 Å². The fraction of sp³-hybridized carbons (Fsp3) is 0.125. The average Bonchev–Trinajstić information content (AvgIpc) is 2.53. The monoisotopic (exact) mass is 366 g/mol. The summed E-state index contributed by atoms with van der Waals surface area (Å²) in [6.07, 6.45) is 0. The number of amides is 1. The topological polar surface area (TPSA) is 92.3 Å². The van der Waals surface area contributed by atoms with Crippen LogP contribution in [0.4, 0.5) is 5.69 Å². The third-order valence-corrected chi connectivity index (χ3v) is 4.72. The average molecular weight is 367 g/mol. The van der Waals surface area contributed by atoms with Crippen LogP contribution in [0.15, 0.2) is 53.4 Å². The molecule has 0 heterocycles. The van der Waals surface area contributed by atoms with Crippen LogP contribution in [0, 0.1) is 0 Å². The molecule has 0 radical (unpaired) electrons. The molecule has 24 heavy (non-hydrogen) atoms. The molecule has 2 aromatic rings. The van der Waals surface area contributed by atoms with Crippen molar-refractivity contribution in [2.45, 2.75) is 11.8 Å². The number of rotatable bonds is 6. The predicted octanol–water partition coefficient (Wildman–Crippen LogP) is 2.46. The Morgan fingerprint density at radius 1 is 1.08 bits per heavy atom. The maximum Gasteiger partial charge on any atom is 0.241 e. The van der Waals surface area contributed by atoms with Crippen molar-refractivity contribution in [1.82, 2.24) is 4.72 Å². The van der Waals surface area contributed by atoms with Gasteiger partial charge in [-0.15, -0.1) is 0 Å². The Morgan fingerprint density at radius 2 is 1.79 bits per heavy atom. The van der Waals surface area contributed by atoms with E-state index in [1.54, 1.807) is 24.3 Å². The number of hydrogen-bond donors (Lipinski definition) is 2. The minimum absolute atomic E-state index is 0.0265. The van der Waals surface area contributed by atoms with Crippen molar-refractivity contribution in [2.75, 3.05) is 11.9 Å². The van der Waals surface area contributed by atoms with Crippen LogP contribution in [-0.4, -0.2) is 26.7 Å². The number of hydrogen-bond acceptors (Lipinski definition) is 4. The molecule has 0 saturated heterocycles. The first-order chi connectivity index (χ1) is 11.3. The molecule has 0 aliphatic rings. The maximum absolute atomic E-state index is 12.1. The summed E-state index contributed by atoms with van der Waals surface area (Å²) < 4.78 is 26.4. The molecule has 0 unspecified atom stereocenters. The largest absolute Gasteiger partial charge is 0.325 e. The Hall–Kier alpha value is -2.22. The van der Waals surface area contributed by atoms with Crippen LogP contribution in [0.3, 0.4) is 0 Å². The smallest absolute Gasteiger partial charge is 0.241 e. The minimum Gasteiger partial charge on any atom is -0.325 e. The standard InChI is InChI=1S/C16H15ClN2O4S/c1-11(20)12-4-2-6-14(8-12)19-16(21)10-18-24(22,23)15-7-3-5-13(17)9-15/h2-9,18H,10H2,1H3,(H,19,21). The number of carbonyl (C=O) groups excluding carboxylic acids is 2. The molecule has 0 aliphatic carbocycles.